The van der Waals surface area contributed by atoms with Crippen LogP contribution in [0.2, 0.25) is 0 Å². The van der Waals surface area contributed by atoms with Crippen LogP contribution in [-0.2, 0) is 11.2 Å². The van der Waals surface area contributed by atoms with Crippen LogP contribution < -0.4 is 4.74 Å². The highest BCUT2D eigenvalue weighted by Gasteiger charge is 2.03. The molecule has 0 fully saturated rings. The Labute approximate surface area is 109 Å². The summed E-state index contributed by atoms with van der Waals surface area (Å²) >= 11 is 0. The number of hydrogen-bond acceptors (Lipinski definition) is 4. The topological polar surface area (TPSA) is 83.2 Å². The summed E-state index contributed by atoms with van der Waals surface area (Å²) < 4.78 is 5.47. The molecular weight excluding hydrogens is 244 g/mol. The second kappa shape index (κ2) is 5.65. The fraction of sp³-hybridized carbons (Fsp3) is 0.0714. The molecule has 1 heterocycles. The van der Waals surface area contributed by atoms with Crippen molar-refractivity contribution in [2.75, 3.05) is 0 Å². The van der Waals surface area contributed by atoms with Crippen LogP contribution in [0.3, 0.4) is 0 Å². The quantitative estimate of drug-likeness (QED) is 0.905. The lowest BCUT2D eigenvalue weighted by molar-refractivity contribution is -0.136. The third kappa shape index (κ3) is 3.54. The first-order valence-corrected chi connectivity index (χ1v) is 5.52. The van der Waals surface area contributed by atoms with Crippen LogP contribution in [0.4, 0.5) is 0 Å². The summed E-state index contributed by atoms with van der Waals surface area (Å²) in [6.45, 7) is 0. The number of hydrogen-bond donors (Lipinski definition) is 1. The van der Waals surface area contributed by atoms with Crippen molar-refractivity contribution in [1.82, 2.24) is 4.98 Å². The van der Waals surface area contributed by atoms with Gasteiger partial charge in [-0.05, 0) is 23.8 Å². The van der Waals surface area contributed by atoms with E-state index in [1.165, 1.54) is 12.3 Å². The number of rotatable bonds is 4. The third-order valence-electron chi connectivity index (χ3n) is 2.37. The predicted octanol–water partition coefficient (Wildman–Crippen LogP) is 2.37. The van der Waals surface area contributed by atoms with Crippen LogP contribution in [-0.4, -0.2) is 16.1 Å². The van der Waals surface area contributed by atoms with Gasteiger partial charge in [-0.2, -0.15) is 5.26 Å². The Morgan fingerprint density at radius 1 is 1.32 bits per heavy atom. The predicted molar refractivity (Wildman–Crippen MR) is 66.8 cm³/mol. The van der Waals surface area contributed by atoms with Gasteiger partial charge in [0.25, 0.3) is 0 Å². The van der Waals surface area contributed by atoms with E-state index in [4.69, 9.17) is 15.1 Å². The van der Waals surface area contributed by atoms with Gasteiger partial charge in [0.2, 0.25) is 5.88 Å². The number of carboxylic acids is 1. The maximum atomic E-state index is 10.5. The molecule has 1 aromatic carbocycles. The molecule has 5 heteroatoms. The zero-order valence-corrected chi connectivity index (χ0v) is 9.91. The van der Waals surface area contributed by atoms with Gasteiger partial charge in [-0.15, -0.1) is 0 Å². The number of aliphatic carboxylic acids is 1. The molecule has 1 N–H and O–H groups in total. The fourth-order valence-corrected chi connectivity index (χ4v) is 1.51. The molecule has 0 aliphatic carbocycles. The standard InChI is InChI=1S/C14H10N2O3/c15-9-11-5-6-16-13(7-11)19-12-3-1-10(2-4-12)8-14(17)18/h1-7H,8H2,(H,17,18). The van der Waals surface area contributed by atoms with Crippen LogP contribution in [0.15, 0.2) is 42.6 Å². The summed E-state index contributed by atoms with van der Waals surface area (Å²) in [6, 6.07) is 11.8. The van der Waals surface area contributed by atoms with E-state index in [1.54, 1.807) is 30.3 Å². The summed E-state index contributed by atoms with van der Waals surface area (Å²) in [5.41, 5.74) is 1.16. The molecule has 5 nitrogen and oxygen atoms in total. The zero-order valence-electron chi connectivity index (χ0n) is 9.91. The molecule has 2 rings (SSSR count). The minimum atomic E-state index is -0.878. The van der Waals surface area contributed by atoms with Gasteiger partial charge in [0.1, 0.15) is 5.75 Å². The monoisotopic (exact) mass is 254 g/mol. The number of aromatic nitrogens is 1. The molecule has 0 spiro atoms. The van der Waals surface area contributed by atoms with Crippen LogP contribution in [0, 0.1) is 11.3 Å². The summed E-state index contributed by atoms with van der Waals surface area (Å²) in [7, 11) is 0. The first-order valence-electron chi connectivity index (χ1n) is 5.52. The Kier molecular flexibility index (Phi) is 3.74. The molecule has 0 saturated heterocycles. The molecule has 0 saturated carbocycles. The molecule has 2 aromatic rings. The Morgan fingerprint density at radius 2 is 2.05 bits per heavy atom. The normalized spacial score (nSPS) is 9.63. The van der Waals surface area contributed by atoms with Gasteiger partial charge >= 0.3 is 5.97 Å². The van der Waals surface area contributed by atoms with Gasteiger partial charge in [-0.25, -0.2) is 4.98 Å². The lowest BCUT2D eigenvalue weighted by Gasteiger charge is -2.05. The highest BCUT2D eigenvalue weighted by molar-refractivity contribution is 5.70. The molecule has 0 atom stereocenters. The number of pyridine rings is 1. The largest absolute Gasteiger partial charge is 0.481 e. The molecule has 0 unspecified atom stereocenters. The highest BCUT2D eigenvalue weighted by Crippen LogP contribution is 2.20. The Hall–Kier alpha value is -2.87. The lowest BCUT2D eigenvalue weighted by Crippen LogP contribution is -1.99. The minimum absolute atomic E-state index is 0.0253. The maximum Gasteiger partial charge on any atom is 0.307 e. The summed E-state index contributed by atoms with van der Waals surface area (Å²) in [5, 5.41) is 17.4. The number of carboxylic acid groups (broad SMARTS) is 1. The third-order valence-corrected chi connectivity index (χ3v) is 2.37. The summed E-state index contributed by atoms with van der Waals surface area (Å²) in [5.74, 6) is -0.0150. The molecule has 0 radical (unpaired) electrons. The van der Waals surface area contributed by atoms with E-state index in [0.717, 1.165) is 0 Å². The van der Waals surface area contributed by atoms with Gasteiger partial charge in [0, 0.05) is 12.3 Å². The van der Waals surface area contributed by atoms with Gasteiger partial charge in [-0.1, -0.05) is 12.1 Å². The number of carbonyl (C=O) groups is 1. The van der Waals surface area contributed by atoms with Crippen molar-refractivity contribution in [2.24, 2.45) is 0 Å². The molecule has 94 valence electrons. The molecule has 0 amide bonds. The van der Waals surface area contributed by atoms with Gasteiger partial charge in [0.15, 0.2) is 0 Å². The molecule has 0 aliphatic rings. The van der Waals surface area contributed by atoms with Crippen molar-refractivity contribution >= 4 is 5.97 Å². The summed E-state index contributed by atoms with van der Waals surface area (Å²) in [4.78, 5) is 14.5. The maximum absolute atomic E-state index is 10.5. The molecular formula is C14H10N2O3. The van der Waals surface area contributed by atoms with Crippen molar-refractivity contribution in [2.45, 2.75) is 6.42 Å². The fourth-order valence-electron chi connectivity index (χ4n) is 1.51. The Balaban J connectivity index is 2.11. The van der Waals surface area contributed by atoms with E-state index in [2.05, 4.69) is 4.98 Å². The van der Waals surface area contributed by atoms with E-state index < -0.39 is 5.97 Å². The minimum Gasteiger partial charge on any atom is -0.481 e. The number of benzene rings is 1. The zero-order chi connectivity index (χ0) is 13.7. The van der Waals surface area contributed by atoms with Crippen molar-refractivity contribution < 1.29 is 14.6 Å². The smallest absolute Gasteiger partial charge is 0.307 e. The van der Waals surface area contributed by atoms with Crippen LogP contribution in [0.25, 0.3) is 0 Å². The lowest BCUT2D eigenvalue weighted by atomic mass is 10.1. The van der Waals surface area contributed by atoms with Crippen molar-refractivity contribution in [3.8, 4) is 17.7 Å². The Morgan fingerprint density at radius 3 is 2.68 bits per heavy atom. The second-order valence-electron chi connectivity index (χ2n) is 3.81. The van der Waals surface area contributed by atoms with Gasteiger partial charge in [-0.3, -0.25) is 4.79 Å². The van der Waals surface area contributed by atoms with E-state index in [0.29, 0.717) is 22.8 Å². The first kappa shape index (κ1) is 12.6. The van der Waals surface area contributed by atoms with Crippen LogP contribution >= 0.6 is 0 Å². The van der Waals surface area contributed by atoms with Gasteiger partial charge < -0.3 is 9.84 Å². The van der Waals surface area contributed by atoms with Crippen LogP contribution in [0.5, 0.6) is 11.6 Å². The van der Waals surface area contributed by atoms with Crippen LogP contribution in [0.1, 0.15) is 11.1 Å². The van der Waals surface area contributed by atoms with Crippen molar-refractivity contribution in [1.29, 1.82) is 5.26 Å². The van der Waals surface area contributed by atoms with E-state index in [9.17, 15) is 4.79 Å². The van der Waals surface area contributed by atoms with Crippen molar-refractivity contribution in [3.63, 3.8) is 0 Å². The highest BCUT2D eigenvalue weighted by atomic mass is 16.5. The number of nitriles is 1. The average molecular weight is 254 g/mol. The number of ether oxygens (including phenoxy) is 1. The van der Waals surface area contributed by atoms with Crippen molar-refractivity contribution in [3.05, 3.63) is 53.7 Å². The molecule has 0 aliphatic heterocycles. The first-order chi connectivity index (χ1) is 9.17. The Bertz CT molecular complexity index is 630. The second-order valence-corrected chi connectivity index (χ2v) is 3.81. The molecule has 0 bridgehead atoms. The van der Waals surface area contributed by atoms with Gasteiger partial charge in [0.05, 0.1) is 18.1 Å². The van der Waals surface area contributed by atoms with E-state index in [1.807, 2.05) is 6.07 Å². The summed E-state index contributed by atoms with van der Waals surface area (Å²) in [6.07, 6.45) is 1.47. The SMILES string of the molecule is N#Cc1ccnc(Oc2ccc(CC(=O)O)cc2)c1. The van der Waals surface area contributed by atoms with E-state index >= 15 is 0 Å². The number of nitrogens with zero attached hydrogens (tertiary/aromatic N) is 2. The molecule has 19 heavy (non-hydrogen) atoms. The molecule has 1 aromatic heterocycles. The average Bonchev–Trinajstić information content (AvgIpc) is 2.41. The van der Waals surface area contributed by atoms with E-state index in [-0.39, 0.29) is 6.42 Å².